The molecule has 2 aliphatic rings. The Labute approximate surface area is 168 Å². The van der Waals surface area contributed by atoms with E-state index in [9.17, 15) is 18.3 Å². The van der Waals surface area contributed by atoms with Gasteiger partial charge in [-0.1, -0.05) is 49.8 Å². The minimum atomic E-state index is -3.49. The summed E-state index contributed by atoms with van der Waals surface area (Å²) in [5, 5.41) is 13.2. The Kier molecular flexibility index (Phi) is 7.12. The third-order valence-electron chi connectivity index (χ3n) is 6.04. The maximum Gasteiger partial charge on any atom is 0.249 e. The van der Waals surface area contributed by atoms with Gasteiger partial charge in [-0.15, -0.1) is 0 Å². The van der Waals surface area contributed by atoms with Gasteiger partial charge in [-0.05, 0) is 44.2 Å². The third kappa shape index (κ3) is 5.33. The molecule has 0 bridgehead atoms. The van der Waals surface area contributed by atoms with Crippen molar-refractivity contribution in [2.75, 3.05) is 13.1 Å². The summed E-state index contributed by atoms with van der Waals surface area (Å²) < 4.78 is 27.0. The second kappa shape index (κ2) is 9.37. The minimum Gasteiger partial charge on any atom is -0.383 e. The fourth-order valence-electron chi connectivity index (χ4n) is 4.24. The van der Waals surface area contributed by atoms with Gasteiger partial charge in [0.1, 0.15) is 6.10 Å². The number of aryl methyl sites for hydroxylation is 1. The van der Waals surface area contributed by atoms with Crippen molar-refractivity contribution in [3.63, 3.8) is 0 Å². The molecule has 28 heavy (non-hydrogen) atoms. The van der Waals surface area contributed by atoms with E-state index < -0.39 is 16.1 Å². The molecule has 0 aromatic heterocycles. The van der Waals surface area contributed by atoms with Gasteiger partial charge in [0.05, 0.1) is 4.90 Å². The summed E-state index contributed by atoms with van der Waals surface area (Å²) in [6.45, 7) is 2.67. The Hall–Kier alpha value is -1.44. The minimum absolute atomic E-state index is 0.0852. The number of carbonyl (C=O) groups is 1. The van der Waals surface area contributed by atoms with Crippen molar-refractivity contribution in [2.45, 2.75) is 75.3 Å². The summed E-state index contributed by atoms with van der Waals surface area (Å²) in [7, 11) is -3.49. The molecule has 1 heterocycles. The Bertz CT molecular complexity index is 749. The van der Waals surface area contributed by atoms with E-state index in [1.54, 1.807) is 24.3 Å². The van der Waals surface area contributed by atoms with Crippen LogP contribution in [-0.4, -0.2) is 49.0 Å². The molecule has 1 saturated carbocycles. The van der Waals surface area contributed by atoms with Crippen LogP contribution >= 0.6 is 0 Å². The molecule has 2 N–H and O–H groups in total. The van der Waals surface area contributed by atoms with Crippen molar-refractivity contribution in [1.29, 1.82) is 0 Å². The number of aliphatic hydroxyl groups is 1. The number of hydrogen-bond acceptors (Lipinski definition) is 4. The van der Waals surface area contributed by atoms with Crippen LogP contribution in [0.5, 0.6) is 0 Å². The maximum absolute atomic E-state index is 12.8. The average molecular weight is 409 g/mol. The van der Waals surface area contributed by atoms with Crippen LogP contribution in [0.3, 0.4) is 0 Å². The molecule has 1 aliphatic heterocycles. The average Bonchev–Trinajstić information content (AvgIpc) is 2.69. The molecule has 1 saturated heterocycles. The Balaban J connectivity index is 1.48. The van der Waals surface area contributed by atoms with Gasteiger partial charge in [0.25, 0.3) is 0 Å². The van der Waals surface area contributed by atoms with Gasteiger partial charge in [-0.25, -0.2) is 8.42 Å². The van der Waals surface area contributed by atoms with Gasteiger partial charge < -0.3 is 10.4 Å². The highest BCUT2D eigenvalue weighted by atomic mass is 32.2. The molecular formula is C21H32N2O4S. The summed E-state index contributed by atoms with van der Waals surface area (Å²) in [5.74, 6) is 0.126. The lowest BCUT2D eigenvalue weighted by atomic mass is 9.85. The molecule has 7 heteroatoms. The Morgan fingerprint density at radius 3 is 2.32 bits per heavy atom. The number of amides is 1. The second-order valence-corrected chi connectivity index (χ2v) is 10.2. The molecule has 1 aliphatic carbocycles. The number of nitrogens with zero attached hydrogens (tertiary/aromatic N) is 1. The van der Waals surface area contributed by atoms with E-state index in [1.807, 2.05) is 6.92 Å². The van der Waals surface area contributed by atoms with Crippen LogP contribution in [0.15, 0.2) is 29.2 Å². The van der Waals surface area contributed by atoms with Crippen LogP contribution in [-0.2, 0) is 14.8 Å². The lowest BCUT2D eigenvalue weighted by molar-refractivity contribution is -0.131. The van der Waals surface area contributed by atoms with Crippen LogP contribution in [0.25, 0.3) is 0 Å². The number of piperidine rings is 1. The van der Waals surface area contributed by atoms with Gasteiger partial charge in [0.15, 0.2) is 0 Å². The molecule has 3 rings (SSSR count). The fourth-order valence-corrected chi connectivity index (χ4v) is 5.71. The first-order valence-electron chi connectivity index (χ1n) is 10.4. The van der Waals surface area contributed by atoms with Crippen LogP contribution < -0.4 is 5.32 Å². The van der Waals surface area contributed by atoms with Crippen molar-refractivity contribution >= 4 is 15.9 Å². The van der Waals surface area contributed by atoms with Crippen molar-refractivity contribution in [3.8, 4) is 0 Å². The van der Waals surface area contributed by atoms with Gasteiger partial charge in [-0.2, -0.15) is 4.31 Å². The lowest BCUT2D eigenvalue weighted by Crippen LogP contribution is -2.49. The summed E-state index contributed by atoms with van der Waals surface area (Å²) >= 11 is 0. The molecule has 6 nitrogen and oxygen atoms in total. The zero-order chi connectivity index (χ0) is 20.1. The zero-order valence-corrected chi connectivity index (χ0v) is 17.5. The molecular weight excluding hydrogens is 376 g/mol. The van der Waals surface area contributed by atoms with E-state index >= 15 is 0 Å². The maximum atomic E-state index is 12.8. The van der Waals surface area contributed by atoms with Crippen molar-refractivity contribution in [2.24, 2.45) is 5.92 Å². The van der Waals surface area contributed by atoms with E-state index in [0.717, 1.165) is 18.4 Å². The molecule has 156 valence electrons. The third-order valence-corrected chi connectivity index (χ3v) is 7.96. The molecule has 1 aromatic carbocycles. The number of hydrogen-bond donors (Lipinski definition) is 2. The first-order valence-corrected chi connectivity index (χ1v) is 11.9. The number of aliphatic hydroxyl groups excluding tert-OH is 1. The number of rotatable bonds is 6. The normalized spacial score (nSPS) is 21.4. The lowest BCUT2D eigenvalue weighted by Gasteiger charge is -2.32. The van der Waals surface area contributed by atoms with Crippen molar-refractivity contribution in [1.82, 2.24) is 9.62 Å². The standard InChI is InChI=1S/C21H32N2O4S/c1-16-7-9-19(10-8-16)28(26,27)23-13-11-18(12-14-23)22-21(25)20(24)15-17-5-3-2-4-6-17/h7-10,17-18,20,24H,2-6,11-15H2,1H3,(H,22,25). The number of carbonyl (C=O) groups excluding carboxylic acids is 1. The van der Waals surface area contributed by atoms with Gasteiger partial charge in [0.2, 0.25) is 15.9 Å². The van der Waals surface area contributed by atoms with E-state index in [2.05, 4.69) is 5.32 Å². The quantitative estimate of drug-likeness (QED) is 0.757. The molecule has 1 amide bonds. The van der Waals surface area contributed by atoms with Crippen LogP contribution in [0.2, 0.25) is 0 Å². The molecule has 1 unspecified atom stereocenters. The SMILES string of the molecule is Cc1ccc(S(=O)(=O)N2CCC(NC(=O)C(O)CC3CCCCC3)CC2)cc1. The molecule has 1 aromatic rings. The second-order valence-electron chi connectivity index (χ2n) is 8.26. The van der Waals surface area contributed by atoms with Gasteiger partial charge in [0, 0.05) is 19.1 Å². The van der Waals surface area contributed by atoms with Gasteiger partial charge >= 0.3 is 0 Å². The zero-order valence-electron chi connectivity index (χ0n) is 16.6. The largest absolute Gasteiger partial charge is 0.383 e. The molecule has 2 fully saturated rings. The predicted octanol–water partition coefficient (Wildman–Crippen LogP) is 2.60. The molecule has 1 atom stereocenters. The summed E-state index contributed by atoms with van der Waals surface area (Å²) in [6.07, 6.45) is 6.52. The molecule has 0 spiro atoms. The van der Waals surface area contributed by atoms with E-state index in [0.29, 0.717) is 43.2 Å². The number of benzene rings is 1. The van der Waals surface area contributed by atoms with E-state index in [1.165, 1.54) is 23.6 Å². The Morgan fingerprint density at radius 2 is 1.71 bits per heavy atom. The highest BCUT2D eigenvalue weighted by Crippen LogP contribution is 2.27. The van der Waals surface area contributed by atoms with E-state index in [-0.39, 0.29) is 11.9 Å². The highest BCUT2D eigenvalue weighted by Gasteiger charge is 2.31. The van der Waals surface area contributed by atoms with Crippen LogP contribution in [0.1, 0.15) is 56.9 Å². The first kappa shape index (κ1) is 21.3. The van der Waals surface area contributed by atoms with Crippen molar-refractivity contribution in [3.05, 3.63) is 29.8 Å². The summed E-state index contributed by atoms with van der Waals surface area (Å²) in [4.78, 5) is 12.6. The van der Waals surface area contributed by atoms with Gasteiger partial charge in [-0.3, -0.25) is 4.79 Å². The smallest absolute Gasteiger partial charge is 0.249 e. The number of sulfonamides is 1. The summed E-state index contributed by atoms with van der Waals surface area (Å²) in [5.41, 5.74) is 1.02. The highest BCUT2D eigenvalue weighted by molar-refractivity contribution is 7.89. The van der Waals surface area contributed by atoms with Crippen molar-refractivity contribution < 1.29 is 18.3 Å². The topological polar surface area (TPSA) is 86.7 Å². The first-order chi connectivity index (χ1) is 13.4. The monoisotopic (exact) mass is 408 g/mol. The number of nitrogens with one attached hydrogen (secondary N) is 1. The van der Waals surface area contributed by atoms with Crippen LogP contribution in [0.4, 0.5) is 0 Å². The predicted molar refractivity (Wildman–Crippen MR) is 108 cm³/mol. The molecule has 0 radical (unpaired) electrons. The Morgan fingerprint density at radius 1 is 1.11 bits per heavy atom. The van der Waals surface area contributed by atoms with Crippen LogP contribution in [0, 0.1) is 12.8 Å². The summed E-state index contributed by atoms with van der Waals surface area (Å²) in [6, 6.07) is 6.79. The van der Waals surface area contributed by atoms with E-state index in [4.69, 9.17) is 0 Å². The fraction of sp³-hybridized carbons (Fsp3) is 0.667.